The Morgan fingerprint density at radius 3 is 2.75 bits per heavy atom. The van der Waals surface area contributed by atoms with E-state index in [9.17, 15) is 0 Å². The molecule has 0 saturated heterocycles. The van der Waals surface area contributed by atoms with Gasteiger partial charge in [0.05, 0.1) is 6.21 Å². The van der Waals surface area contributed by atoms with E-state index < -0.39 is 0 Å². The van der Waals surface area contributed by atoms with Gasteiger partial charge in [-0.3, -0.25) is 0 Å². The molecule has 20 heavy (non-hydrogen) atoms. The van der Waals surface area contributed by atoms with E-state index in [1.807, 2.05) is 54.7 Å². The van der Waals surface area contributed by atoms with Crippen LogP contribution in [0.5, 0.6) is 0 Å². The van der Waals surface area contributed by atoms with Gasteiger partial charge >= 0.3 is 0 Å². The molecule has 4 heteroatoms. The molecule has 1 heterocycles. The third kappa shape index (κ3) is 2.83. The van der Waals surface area contributed by atoms with Crippen LogP contribution in [0.2, 0.25) is 5.02 Å². The molecule has 0 atom stereocenters. The van der Waals surface area contributed by atoms with E-state index in [0.717, 1.165) is 27.1 Å². The summed E-state index contributed by atoms with van der Waals surface area (Å²) in [5.41, 5.74) is 3.13. The zero-order valence-electron chi connectivity index (χ0n) is 10.7. The van der Waals surface area contributed by atoms with Crippen LogP contribution in [-0.4, -0.2) is 11.2 Å². The molecular formula is C16H13ClN2O. The smallest absolute Gasteiger partial charge is 0.142 e. The molecular weight excluding hydrogens is 272 g/mol. The lowest BCUT2D eigenvalue weighted by molar-refractivity contribution is 0.132. The Morgan fingerprint density at radius 1 is 1.10 bits per heavy atom. The van der Waals surface area contributed by atoms with Crippen LogP contribution < -0.4 is 0 Å². The number of para-hydroxylation sites is 1. The normalized spacial score (nSPS) is 11.2. The second-order valence-corrected chi connectivity index (χ2v) is 4.86. The van der Waals surface area contributed by atoms with Gasteiger partial charge in [0.2, 0.25) is 0 Å². The van der Waals surface area contributed by atoms with Gasteiger partial charge in [0.1, 0.15) is 6.61 Å². The number of benzene rings is 2. The average Bonchev–Trinajstić information content (AvgIpc) is 2.89. The second kappa shape index (κ2) is 5.80. The summed E-state index contributed by atoms with van der Waals surface area (Å²) in [4.78, 5) is 8.49. The minimum Gasteiger partial charge on any atom is -0.391 e. The van der Waals surface area contributed by atoms with Crippen molar-refractivity contribution in [3.63, 3.8) is 0 Å². The number of nitrogens with one attached hydrogen (secondary N) is 1. The lowest BCUT2D eigenvalue weighted by atomic mass is 10.2. The summed E-state index contributed by atoms with van der Waals surface area (Å²) in [6.07, 6.45) is 3.63. The van der Waals surface area contributed by atoms with E-state index in [1.54, 1.807) is 6.21 Å². The summed E-state index contributed by atoms with van der Waals surface area (Å²) in [5, 5.41) is 5.85. The van der Waals surface area contributed by atoms with Gasteiger partial charge in [-0.25, -0.2) is 0 Å². The maximum absolute atomic E-state index is 5.82. The number of rotatable bonds is 4. The zero-order chi connectivity index (χ0) is 13.8. The molecule has 0 bridgehead atoms. The predicted molar refractivity (Wildman–Crippen MR) is 82.1 cm³/mol. The summed E-state index contributed by atoms with van der Waals surface area (Å²) in [6, 6.07) is 15.6. The van der Waals surface area contributed by atoms with Crippen molar-refractivity contribution >= 4 is 28.7 Å². The molecule has 1 N–H and O–H groups in total. The first-order chi connectivity index (χ1) is 9.83. The fourth-order valence-corrected chi connectivity index (χ4v) is 2.11. The molecule has 0 saturated carbocycles. The molecule has 0 unspecified atom stereocenters. The maximum Gasteiger partial charge on any atom is 0.142 e. The third-order valence-corrected chi connectivity index (χ3v) is 3.28. The highest BCUT2D eigenvalue weighted by atomic mass is 35.5. The van der Waals surface area contributed by atoms with Crippen molar-refractivity contribution in [2.45, 2.75) is 6.61 Å². The maximum atomic E-state index is 5.82. The minimum absolute atomic E-state index is 0.427. The fourth-order valence-electron chi connectivity index (χ4n) is 1.99. The van der Waals surface area contributed by atoms with E-state index in [2.05, 4.69) is 10.1 Å². The Balaban J connectivity index is 1.64. The summed E-state index contributed by atoms with van der Waals surface area (Å²) in [6.45, 7) is 0.427. The highest BCUT2D eigenvalue weighted by Crippen LogP contribution is 2.16. The van der Waals surface area contributed by atoms with Gasteiger partial charge in [-0.15, -0.1) is 0 Å². The van der Waals surface area contributed by atoms with Gasteiger partial charge in [-0.2, -0.15) is 0 Å². The molecule has 0 aliphatic rings. The van der Waals surface area contributed by atoms with Gasteiger partial charge in [-0.1, -0.05) is 47.1 Å². The summed E-state index contributed by atoms with van der Waals surface area (Å²) >= 11 is 5.82. The van der Waals surface area contributed by atoms with Crippen molar-refractivity contribution in [2.75, 3.05) is 0 Å². The van der Waals surface area contributed by atoms with E-state index in [0.29, 0.717) is 6.61 Å². The number of halogens is 1. The van der Waals surface area contributed by atoms with Crippen molar-refractivity contribution < 1.29 is 4.84 Å². The molecule has 0 radical (unpaired) electrons. The zero-order valence-corrected chi connectivity index (χ0v) is 11.5. The van der Waals surface area contributed by atoms with Crippen LogP contribution in [0.3, 0.4) is 0 Å². The Kier molecular flexibility index (Phi) is 3.70. The Morgan fingerprint density at radius 2 is 1.90 bits per heavy atom. The number of fused-ring (bicyclic) bond motifs is 1. The molecule has 1 aromatic heterocycles. The molecule has 0 spiro atoms. The Hall–Kier alpha value is -2.26. The standard InChI is InChI=1S/C16H13ClN2O/c17-14-7-5-12(6-8-14)11-20-19-10-13-9-18-16-4-2-1-3-15(13)16/h1-10,18H,11H2/b19-10+. The highest BCUT2D eigenvalue weighted by molar-refractivity contribution is 6.30. The van der Waals surface area contributed by atoms with Crippen LogP contribution in [0.4, 0.5) is 0 Å². The largest absolute Gasteiger partial charge is 0.391 e. The fraction of sp³-hybridized carbons (Fsp3) is 0.0625. The molecule has 0 aliphatic heterocycles. The first-order valence-corrected chi connectivity index (χ1v) is 6.66. The molecule has 3 aromatic rings. The number of oxime groups is 1. The van der Waals surface area contributed by atoms with Gasteiger partial charge in [0.25, 0.3) is 0 Å². The van der Waals surface area contributed by atoms with Crippen molar-refractivity contribution in [3.05, 3.63) is 70.9 Å². The number of hydrogen-bond acceptors (Lipinski definition) is 2. The van der Waals surface area contributed by atoms with E-state index in [1.165, 1.54) is 0 Å². The molecule has 3 nitrogen and oxygen atoms in total. The quantitative estimate of drug-likeness (QED) is 0.560. The monoisotopic (exact) mass is 284 g/mol. The van der Waals surface area contributed by atoms with Gasteiger partial charge < -0.3 is 9.82 Å². The minimum atomic E-state index is 0.427. The molecule has 0 aliphatic carbocycles. The SMILES string of the molecule is Clc1ccc(CO/N=C/c2c[nH]c3ccccc23)cc1. The first-order valence-electron chi connectivity index (χ1n) is 6.29. The van der Waals surface area contributed by atoms with Crippen molar-refractivity contribution in [3.8, 4) is 0 Å². The van der Waals surface area contributed by atoms with E-state index >= 15 is 0 Å². The lowest BCUT2D eigenvalue weighted by Gasteiger charge is -1.99. The molecule has 0 fully saturated rings. The number of H-pyrrole nitrogens is 1. The van der Waals surface area contributed by atoms with Crippen molar-refractivity contribution in [2.24, 2.45) is 5.16 Å². The first kappa shape index (κ1) is 12.8. The van der Waals surface area contributed by atoms with Gasteiger partial charge in [0.15, 0.2) is 0 Å². The lowest BCUT2D eigenvalue weighted by Crippen LogP contribution is -1.87. The number of aromatic amines is 1. The number of nitrogens with zero attached hydrogens (tertiary/aromatic N) is 1. The van der Waals surface area contributed by atoms with E-state index in [4.69, 9.17) is 16.4 Å². The van der Waals surface area contributed by atoms with Crippen LogP contribution in [0.25, 0.3) is 10.9 Å². The van der Waals surface area contributed by atoms with Gasteiger partial charge in [-0.05, 0) is 23.8 Å². The molecule has 2 aromatic carbocycles. The van der Waals surface area contributed by atoms with Crippen LogP contribution in [0.1, 0.15) is 11.1 Å². The summed E-state index contributed by atoms with van der Waals surface area (Å²) in [5.74, 6) is 0. The molecule has 100 valence electrons. The molecule has 0 amide bonds. The van der Waals surface area contributed by atoms with Crippen molar-refractivity contribution in [1.29, 1.82) is 0 Å². The van der Waals surface area contributed by atoms with Crippen molar-refractivity contribution in [1.82, 2.24) is 4.98 Å². The average molecular weight is 285 g/mol. The Labute approximate surface area is 121 Å². The molecule has 3 rings (SSSR count). The summed E-state index contributed by atoms with van der Waals surface area (Å²) < 4.78 is 0. The van der Waals surface area contributed by atoms with Crippen LogP contribution in [0.15, 0.2) is 59.9 Å². The van der Waals surface area contributed by atoms with Crippen LogP contribution >= 0.6 is 11.6 Å². The Bertz CT molecular complexity index is 732. The number of hydrogen-bond donors (Lipinski definition) is 1. The van der Waals surface area contributed by atoms with Gasteiger partial charge in [0, 0.05) is 27.7 Å². The third-order valence-electron chi connectivity index (χ3n) is 3.03. The van der Waals surface area contributed by atoms with Crippen LogP contribution in [0, 0.1) is 0 Å². The topological polar surface area (TPSA) is 37.4 Å². The summed E-state index contributed by atoms with van der Waals surface area (Å²) in [7, 11) is 0. The predicted octanol–water partition coefficient (Wildman–Crippen LogP) is 4.37. The second-order valence-electron chi connectivity index (χ2n) is 4.42. The highest BCUT2D eigenvalue weighted by Gasteiger charge is 1.99. The van der Waals surface area contributed by atoms with E-state index in [-0.39, 0.29) is 0 Å². The number of aromatic nitrogens is 1. The van der Waals surface area contributed by atoms with Crippen LogP contribution in [-0.2, 0) is 11.4 Å².